The quantitative estimate of drug-likeness (QED) is 0.724. The number of fused-ring (bicyclic) bond motifs is 1. The Kier molecular flexibility index (Phi) is 3.92. The van der Waals surface area contributed by atoms with Crippen LogP contribution < -0.4 is 5.32 Å². The zero-order chi connectivity index (χ0) is 14.7. The van der Waals surface area contributed by atoms with E-state index in [1.165, 1.54) is 4.80 Å². The van der Waals surface area contributed by atoms with Crippen molar-refractivity contribution < 1.29 is 0 Å². The number of aromatic nitrogens is 6. The maximum absolute atomic E-state index is 4.43. The molecule has 3 aromatic rings. The molecule has 7 heteroatoms. The zero-order valence-corrected chi connectivity index (χ0v) is 12.3. The smallest absolute Gasteiger partial charge is 0.176 e. The average Bonchev–Trinajstić information content (AvgIpc) is 3.06. The van der Waals surface area contributed by atoms with E-state index in [1.807, 2.05) is 24.5 Å². The van der Waals surface area contributed by atoms with Crippen LogP contribution in [0.3, 0.4) is 0 Å². The van der Waals surface area contributed by atoms with E-state index in [1.54, 1.807) is 7.05 Å². The molecule has 0 saturated carbocycles. The number of aryl methyl sites for hydroxylation is 1. The van der Waals surface area contributed by atoms with Gasteiger partial charge in [0.05, 0.1) is 24.4 Å². The lowest BCUT2D eigenvalue weighted by Crippen LogP contribution is -2.35. The first-order chi connectivity index (χ1) is 10.3. The van der Waals surface area contributed by atoms with Crippen LogP contribution in [0.1, 0.15) is 12.7 Å². The van der Waals surface area contributed by atoms with Crippen LogP contribution in [0.25, 0.3) is 11.0 Å². The Bertz CT molecular complexity index is 715. The van der Waals surface area contributed by atoms with E-state index in [0.717, 1.165) is 36.4 Å². The van der Waals surface area contributed by atoms with Gasteiger partial charge in [-0.1, -0.05) is 19.1 Å². The summed E-state index contributed by atoms with van der Waals surface area (Å²) in [5, 5.41) is 15.7. The minimum Gasteiger partial charge on any atom is -0.329 e. The van der Waals surface area contributed by atoms with E-state index >= 15 is 0 Å². The molecule has 21 heavy (non-hydrogen) atoms. The Hall–Kier alpha value is -2.28. The number of tetrazole rings is 1. The summed E-state index contributed by atoms with van der Waals surface area (Å²) in [6.07, 6.45) is 2.63. The van der Waals surface area contributed by atoms with Gasteiger partial charge in [0.1, 0.15) is 0 Å². The van der Waals surface area contributed by atoms with Crippen molar-refractivity contribution in [2.75, 3.05) is 6.54 Å². The maximum Gasteiger partial charge on any atom is 0.176 e. The number of hydrogen-bond donors (Lipinski definition) is 1. The first-order valence-electron chi connectivity index (χ1n) is 7.12. The Morgan fingerprint density at radius 3 is 2.90 bits per heavy atom. The molecule has 2 aromatic heterocycles. The minimum atomic E-state index is 0.247. The van der Waals surface area contributed by atoms with Gasteiger partial charge in [0.15, 0.2) is 5.82 Å². The van der Waals surface area contributed by atoms with Crippen molar-refractivity contribution in [3.8, 4) is 0 Å². The van der Waals surface area contributed by atoms with Crippen molar-refractivity contribution in [3.05, 3.63) is 36.4 Å². The predicted molar refractivity (Wildman–Crippen MR) is 79.7 cm³/mol. The van der Waals surface area contributed by atoms with Crippen LogP contribution in [0.2, 0.25) is 0 Å². The molecule has 0 bridgehead atoms. The largest absolute Gasteiger partial charge is 0.329 e. The molecule has 1 atom stereocenters. The van der Waals surface area contributed by atoms with E-state index in [4.69, 9.17) is 0 Å². The molecular weight excluding hydrogens is 266 g/mol. The van der Waals surface area contributed by atoms with Crippen molar-refractivity contribution in [2.45, 2.75) is 25.9 Å². The van der Waals surface area contributed by atoms with Crippen molar-refractivity contribution in [1.29, 1.82) is 0 Å². The molecular formula is C14H19N7. The summed E-state index contributed by atoms with van der Waals surface area (Å²) in [6.45, 7) is 3.83. The summed E-state index contributed by atoms with van der Waals surface area (Å²) in [4.78, 5) is 5.92. The van der Waals surface area contributed by atoms with Gasteiger partial charge in [0.25, 0.3) is 0 Å². The number of nitrogens with one attached hydrogen (secondary N) is 1. The fourth-order valence-corrected chi connectivity index (χ4v) is 2.51. The third-order valence-corrected chi connectivity index (χ3v) is 3.42. The van der Waals surface area contributed by atoms with Crippen molar-refractivity contribution in [2.24, 2.45) is 7.05 Å². The molecule has 2 heterocycles. The first-order valence-corrected chi connectivity index (χ1v) is 7.12. The second-order valence-corrected chi connectivity index (χ2v) is 5.04. The molecule has 110 valence electrons. The molecule has 0 radical (unpaired) electrons. The van der Waals surface area contributed by atoms with Crippen LogP contribution in [-0.2, 0) is 20.0 Å². The highest BCUT2D eigenvalue weighted by Gasteiger charge is 2.14. The number of benzene rings is 1. The molecule has 0 spiro atoms. The van der Waals surface area contributed by atoms with Gasteiger partial charge in [-0.25, -0.2) is 4.98 Å². The summed E-state index contributed by atoms with van der Waals surface area (Å²) >= 11 is 0. The van der Waals surface area contributed by atoms with Crippen molar-refractivity contribution in [1.82, 2.24) is 35.1 Å². The van der Waals surface area contributed by atoms with Crippen LogP contribution in [0, 0.1) is 0 Å². The van der Waals surface area contributed by atoms with Gasteiger partial charge in [0, 0.05) is 19.0 Å². The summed E-state index contributed by atoms with van der Waals surface area (Å²) in [6, 6.07) is 8.40. The fraction of sp³-hybridized carbons (Fsp3) is 0.429. The summed E-state index contributed by atoms with van der Waals surface area (Å²) in [5.41, 5.74) is 2.16. The molecule has 0 aliphatic carbocycles. The van der Waals surface area contributed by atoms with Crippen LogP contribution in [0.5, 0.6) is 0 Å². The third kappa shape index (κ3) is 3.08. The summed E-state index contributed by atoms with van der Waals surface area (Å²) in [7, 11) is 1.78. The van der Waals surface area contributed by atoms with Gasteiger partial charge in [-0.3, -0.25) is 0 Å². The highest BCUT2D eigenvalue weighted by atomic mass is 15.6. The fourth-order valence-electron chi connectivity index (χ4n) is 2.51. The van der Waals surface area contributed by atoms with Gasteiger partial charge in [-0.15, -0.1) is 10.2 Å². The predicted octanol–water partition coefficient (Wildman–Crippen LogP) is 0.781. The number of rotatable bonds is 6. The Labute approximate surface area is 123 Å². The number of imidazole rings is 1. The van der Waals surface area contributed by atoms with E-state index in [0.29, 0.717) is 0 Å². The number of likely N-dealkylation sites (N-methyl/N-ethyl adjacent to an activating group) is 1. The molecule has 1 N–H and O–H groups in total. The normalized spacial score (nSPS) is 12.9. The topological polar surface area (TPSA) is 73.5 Å². The van der Waals surface area contributed by atoms with E-state index in [9.17, 15) is 0 Å². The molecule has 0 saturated heterocycles. The van der Waals surface area contributed by atoms with Crippen LogP contribution >= 0.6 is 0 Å². The molecule has 1 unspecified atom stereocenters. The highest BCUT2D eigenvalue weighted by Crippen LogP contribution is 2.13. The summed E-state index contributed by atoms with van der Waals surface area (Å²) in [5.74, 6) is 0.757. The lowest BCUT2D eigenvalue weighted by atomic mass is 10.2. The molecule has 0 fully saturated rings. The Morgan fingerprint density at radius 2 is 2.14 bits per heavy atom. The lowest BCUT2D eigenvalue weighted by molar-refractivity contribution is 0.452. The van der Waals surface area contributed by atoms with Gasteiger partial charge in [-0.2, -0.15) is 4.80 Å². The second kappa shape index (κ2) is 6.01. The zero-order valence-electron chi connectivity index (χ0n) is 12.3. The SMILES string of the molecule is CCNC(Cc1nnn(C)n1)Cn1cnc2ccccc21. The standard InChI is InChI=1S/C14H19N7/c1-3-15-11(8-14-17-19-20(2)18-14)9-21-10-16-12-6-4-5-7-13(12)21/h4-7,10-11,15H,3,8-9H2,1-2H3. The van der Waals surface area contributed by atoms with Crippen molar-refractivity contribution in [3.63, 3.8) is 0 Å². The monoisotopic (exact) mass is 285 g/mol. The summed E-state index contributed by atoms with van der Waals surface area (Å²) < 4.78 is 2.17. The Balaban J connectivity index is 1.78. The van der Waals surface area contributed by atoms with Crippen molar-refractivity contribution >= 4 is 11.0 Å². The molecule has 0 amide bonds. The maximum atomic E-state index is 4.43. The lowest BCUT2D eigenvalue weighted by Gasteiger charge is -2.17. The van der Waals surface area contributed by atoms with Gasteiger partial charge in [-0.05, 0) is 23.9 Å². The van der Waals surface area contributed by atoms with E-state index < -0.39 is 0 Å². The molecule has 1 aromatic carbocycles. The minimum absolute atomic E-state index is 0.247. The first kappa shape index (κ1) is 13.7. The van der Waals surface area contributed by atoms with Crippen LogP contribution in [0.4, 0.5) is 0 Å². The number of para-hydroxylation sites is 2. The average molecular weight is 285 g/mol. The second-order valence-electron chi connectivity index (χ2n) is 5.04. The molecule has 7 nitrogen and oxygen atoms in total. The highest BCUT2D eigenvalue weighted by molar-refractivity contribution is 5.74. The van der Waals surface area contributed by atoms with E-state index in [-0.39, 0.29) is 6.04 Å². The molecule has 0 aliphatic rings. The number of nitrogens with zero attached hydrogens (tertiary/aromatic N) is 6. The molecule has 0 aliphatic heterocycles. The van der Waals surface area contributed by atoms with E-state index in [2.05, 4.69) is 43.3 Å². The Morgan fingerprint density at radius 1 is 1.29 bits per heavy atom. The van der Waals surface area contributed by atoms with Gasteiger partial charge < -0.3 is 9.88 Å². The molecule has 3 rings (SSSR count). The number of hydrogen-bond acceptors (Lipinski definition) is 5. The van der Waals surface area contributed by atoms with Gasteiger partial charge >= 0.3 is 0 Å². The van der Waals surface area contributed by atoms with Crippen LogP contribution in [-0.4, -0.2) is 42.3 Å². The third-order valence-electron chi connectivity index (χ3n) is 3.42. The van der Waals surface area contributed by atoms with Gasteiger partial charge in [0.2, 0.25) is 0 Å². The van der Waals surface area contributed by atoms with Crippen LogP contribution in [0.15, 0.2) is 30.6 Å².